The van der Waals surface area contributed by atoms with Crippen LogP contribution in [0.25, 0.3) is 12.2 Å². The van der Waals surface area contributed by atoms with Gasteiger partial charge in [0.2, 0.25) is 0 Å². The zero-order valence-corrected chi connectivity index (χ0v) is 15.6. The molecule has 2 aromatic rings. The van der Waals surface area contributed by atoms with Crippen LogP contribution in [0.15, 0.2) is 55.6 Å². The van der Waals surface area contributed by atoms with Gasteiger partial charge in [-0.25, -0.2) is 0 Å². The van der Waals surface area contributed by atoms with Crippen molar-refractivity contribution in [1.29, 1.82) is 0 Å². The Labute approximate surface area is 159 Å². The van der Waals surface area contributed by atoms with Crippen molar-refractivity contribution in [1.82, 2.24) is 0 Å². The van der Waals surface area contributed by atoms with Gasteiger partial charge in [0.1, 0.15) is 0 Å². The Morgan fingerprint density at radius 3 is 2.59 bits per heavy atom. The molecule has 0 aliphatic carbocycles. The molecule has 1 aliphatic heterocycles. The van der Waals surface area contributed by atoms with Crippen molar-refractivity contribution in [2.45, 2.75) is 20.0 Å². The van der Waals surface area contributed by atoms with E-state index in [0.717, 1.165) is 16.6 Å². The standard InChI is InChI=1S/C21H22BNO4/c1-5-15-10-9-12-18(16(15)6-2)22-26-14-21(3,4)20(27-22)17-11-7-8-13-19(17)23(24)25/h5-13,20H,1-2,14H2,3-4H3. The summed E-state index contributed by atoms with van der Waals surface area (Å²) < 4.78 is 12.3. The topological polar surface area (TPSA) is 61.6 Å². The second-order valence-electron chi connectivity index (χ2n) is 7.22. The lowest BCUT2D eigenvalue weighted by molar-refractivity contribution is -0.386. The molecule has 3 rings (SSSR count). The van der Waals surface area contributed by atoms with Crippen LogP contribution in [0.5, 0.6) is 0 Å². The van der Waals surface area contributed by atoms with Crippen molar-refractivity contribution in [3.05, 3.63) is 82.4 Å². The van der Waals surface area contributed by atoms with Crippen LogP contribution in [0.1, 0.15) is 36.6 Å². The first-order valence-electron chi connectivity index (χ1n) is 8.77. The highest BCUT2D eigenvalue weighted by Gasteiger charge is 2.45. The van der Waals surface area contributed by atoms with Crippen molar-refractivity contribution in [3.8, 4) is 0 Å². The zero-order valence-electron chi connectivity index (χ0n) is 15.6. The number of rotatable bonds is 5. The predicted octanol–water partition coefficient (Wildman–Crippen LogP) is 4.39. The molecular formula is C21H22BNO4. The summed E-state index contributed by atoms with van der Waals surface area (Å²) in [6.45, 7) is 12.1. The fourth-order valence-corrected chi connectivity index (χ4v) is 3.47. The molecule has 1 atom stereocenters. The molecule has 6 heteroatoms. The number of nitro groups is 1. The molecule has 2 aromatic carbocycles. The van der Waals surface area contributed by atoms with Crippen LogP contribution in [0, 0.1) is 15.5 Å². The molecule has 0 amide bonds. The normalized spacial score (nSPS) is 18.7. The Morgan fingerprint density at radius 1 is 1.19 bits per heavy atom. The van der Waals surface area contributed by atoms with Crippen LogP contribution in [0.2, 0.25) is 0 Å². The fraction of sp³-hybridized carbons (Fsp3) is 0.238. The molecule has 0 N–H and O–H groups in total. The van der Waals surface area contributed by atoms with Gasteiger partial charge < -0.3 is 9.31 Å². The van der Waals surface area contributed by atoms with E-state index < -0.39 is 18.6 Å². The summed E-state index contributed by atoms with van der Waals surface area (Å²) in [5.74, 6) is 0. The average molecular weight is 363 g/mol. The van der Waals surface area contributed by atoms with Crippen LogP contribution in [0.3, 0.4) is 0 Å². The maximum absolute atomic E-state index is 11.5. The highest BCUT2D eigenvalue weighted by Crippen LogP contribution is 2.43. The van der Waals surface area contributed by atoms with Crippen LogP contribution < -0.4 is 5.46 Å². The first-order chi connectivity index (χ1) is 12.9. The van der Waals surface area contributed by atoms with Gasteiger partial charge in [-0.1, -0.05) is 69.5 Å². The Hall–Kier alpha value is -2.70. The Kier molecular flexibility index (Phi) is 5.30. The van der Waals surface area contributed by atoms with E-state index in [1.165, 1.54) is 6.07 Å². The molecule has 0 bridgehead atoms. The van der Waals surface area contributed by atoms with Gasteiger partial charge in [0.15, 0.2) is 0 Å². The Morgan fingerprint density at radius 2 is 1.93 bits per heavy atom. The quantitative estimate of drug-likeness (QED) is 0.449. The maximum Gasteiger partial charge on any atom is 0.495 e. The number of benzene rings is 2. The SMILES string of the molecule is C=Cc1cccc(B2OCC(C)(C)C(c3ccccc3[N+](=O)[O-])O2)c1C=C. The lowest BCUT2D eigenvalue weighted by atomic mass is 9.70. The van der Waals surface area contributed by atoms with Gasteiger partial charge in [-0.05, 0) is 22.7 Å². The second-order valence-corrected chi connectivity index (χ2v) is 7.22. The number of hydrogen-bond donors (Lipinski definition) is 0. The molecule has 1 aliphatic rings. The molecule has 138 valence electrons. The molecule has 0 aromatic heterocycles. The van der Waals surface area contributed by atoms with Gasteiger partial charge in [-0.15, -0.1) is 0 Å². The number of nitrogens with zero attached hydrogens (tertiary/aromatic N) is 1. The number of hydrogen-bond acceptors (Lipinski definition) is 4. The molecule has 1 heterocycles. The summed E-state index contributed by atoms with van der Waals surface area (Å²) in [6, 6.07) is 12.5. The first-order valence-corrected chi connectivity index (χ1v) is 8.77. The molecule has 0 radical (unpaired) electrons. The summed E-state index contributed by atoms with van der Waals surface area (Å²) in [4.78, 5) is 11.1. The third-order valence-corrected chi connectivity index (χ3v) is 4.84. The van der Waals surface area contributed by atoms with Gasteiger partial charge >= 0.3 is 7.12 Å². The smallest absolute Gasteiger partial charge is 0.407 e. The summed E-state index contributed by atoms with van der Waals surface area (Å²) in [5, 5.41) is 11.5. The summed E-state index contributed by atoms with van der Waals surface area (Å²) in [5.41, 5.74) is 2.84. The molecular weight excluding hydrogens is 341 g/mol. The molecule has 27 heavy (non-hydrogen) atoms. The van der Waals surface area contributed by atoms with E-state index in [4.69, 9.17) is 9.31 Å². The van der Waals surface area contributed by atoms with Gasteiger partial charge in [0.05, 0.1) is 16.6 Å². The average Bonchev–Trinajstić information content (AvgIpc) is 2.67. The lowest BCUT2D eigenvalue weighted by Gasteiger charge is -2.41. The van der Waals surface area contributed by atoms with Crippen molar-refractivity contribution in [2.24, 2.45) is 5.41 Å². The molecule has 1 saturated heterocycles. The fourth-order valence-electron chi connectivity index (χ4n) is 3.47. The van der Waals surface area contributed by atoms with Gasteiger partial charge in [-0.3, -0.25) is 10.1 Å². The van der Waals surface area contributed by atoms with E-state index in [1.54, 1.807) is 30.4 Å². The predicted molar refractivity (Wildman–Crippen MR) is 109 cm³/mol. The lowest BCUT2D eigenvalue weighted by Crippen LogP contribution is -2.50. The summed E-state index contributed by atoms with van der Waals surface area (Å²) in [6.07, 6.45) is 3.02. The largest absolute Gasteiger partial charge is 0.495 e. The molecule has 1 unspecified atom stereocenters. The third kappa shape index (κ3) is 3.59. The number of nitro benzene ring substituents is 1. The van der Waals surface area contributed by atoms with E-state index in [0.29, 0.717) is 12.2 Å². The van der Waals surface area contributed by atoms with E-state index in [9.17, 15) is 10.1 Å². The highest BCUT2D eigenvalue weighted by molar-refractivity contribution is 6.62. The van der Waals surface area contributed by atoms with Gasteiger partial charge in [-0.2, -0.15) is 0 Å². The minimum atomic E-state index is -0.643. The highest BCUT2D eigenvalue weighted by atomic mass is 16.6. The van der Waals surface area contributed by atoms with Crippen molar-refractivity contribution in [2.75, 3.05) is 6.61 Å². The monoisotopic (exact) mass is 363 g/mol. The molecule has 5 nitrogen and oxygen atoms in total. The summed E-state index contributed by atoms with van der Waals surface area (Å²) >= 11 is 0. The van der Waals surface area contributed by atoms with Crippen LogP contribution in [-0.2, 0) is 9.31 Å². The van der Waals surface area contributed by atoms with Crippen LogP contribution in [-0.4, -0.2) is 18.6 Å². The Bertz CT molecular complexity index is 894. The van der Waals surface area contributed by atoms with E-state index >= 15 is 0 Å². The first kappa shape index (κ1) is 19.1. The van der Waals surface area contributed by atoms with Crippen LogP contribution >= 0.6 is 0 Å². The minimum Gasteiger partial charge on any atom is -0.407 e. The Balaban J connectivity index is 2.04. The third-order valence-electron chi connectivity index (χ3n) is 4.84. The second kappa shape index (κ2) is 7.51. The molecule has 0 saturated carbocycles. The van der Waals surface area contributed by atoms with E-state index in [-0.39, 0.29) is 10.6 Å². The molecule has 1 fully saturated rings. The maximum atomic E-state index is 11.5. The van der Waals surface area contributed by atoms with Crippen molar-refractivity contribution < 1.29 is 14.2 Å². The van der Waals surface area contributed by atoms with E-state index in [1.807, 2.05) is 32.0 Å². The summed E-state index contributed by atoms with van der Waals surface area (Å²) in [7, 11) is -0.643. The van der Waals surface area contributed by atoms with E-state index in [2.05, 4.69) is 13.2 Å². The van der Waals surface area contributed by atoms with Gasteiger partial charge in [0.25, 0.3) is 5.69 Å². The van der Waals surface area contributed by atoms with Crippen LogP contribution in [0.4, 0.5) is 5.69 Å². The molecule has 0 spiro atoms. The van der Waals surface area contributed by atoms with Crippen molar-refractivity contribution in [3.63, 3.8) is 0 Å². The van der Waals surface area contributed by atoms with Gasteiger partial charge in [0, 0.05) is 18.1 Å². The zero-order chi connectivity index (χ0) is 19.6. The number of para-hydroxylation sites is 1. The minimum absolute atomic E-state index is 0.0556. The van der Waals surface area contributed by atoms with Crippen molar-refractivity contribution >= 4 is 30.4 Å².